The van der Waals surface area contributed by atoms with Crippen molar-refractivity contribution in [2.45, 2.75) is 52.4 Å². The van der Waals surface area contributed by atoms with Crippen LogP contribution in [0.2, 0.25) is 0 Å². The number of ether oxygens (including phenoxy) is 2. The highest BCUT2D eigenvalue weighted by Gasteiger charge is 1.97. The first-order chi connectivity index (χ1) is 10.9. The number of rotatable bonds is 12. The van der Waals surface area contributed by atoms with Gasteiger partial charge in [-0.2, -0.15) is 0 Å². The Morgan fingerprint density at radius 2 is 1.45 bits per heavy atom. The lowest BCUT2D eigenvalue weighted by atomic mass is 10.3. The van der Waals surface area contributed by atoms with Crippen LogP contribution in [0.1, 0.15) is 52.4 Å². The second kappa shape index (κ2) is 13.0. The molecule has 2 heteroatoms. The third-order valence-electron chi connectivity index (χ3n) is 3.09. The zero-order chi connectivity index (χ0) is 15.9. The molecule has 1 aromatic rings. The van der Waals surface area contributed by atoms with Crippen LogP contribution in [0.3, 0.4) is 0 Å². The molecule has 22 heavy (non-hydrogen) atoms. The van der Waals surface area contributed by atoms with Crippen molar-refractivity contribution in [3.63, 3.8) is 0 Å². The van der Waals surface area contributed by atoms with Gasteiger partial charge in [0.25, 0.3) is 0 Å². The Morgan fingerprint density at radius 3 is 2.09 bits per heavy atom. The highest BCUT2D eigenvalue weighted by molar-refractivity contribution is 5.31. The van der Waals surface area contributed by atoms with Gasteiger partial charge in [0.2, 0.25) is 0 Å². The lowest BCUT2D eigenvalue weighted by Crippen LogP contribution is -1.98. The lowest BCUT2D eigenvalue weighted by molar-refractivity contribution is 0.308. The molecule has 1 radical (unpaired) electrons. The molecule has 0 aromatic heterocycles. The highest BCUT2D eigenvalue weighted by Crippen LogP contribution is 2.19. The number of allylic oxidation sites excluding steroid dienone is 2. The molecule has 0 fully saturated rings. The first kappa shape index (κ1) is 18.3. The Morgan fingerprint density at radius 1 is 0.864 bits per heavy atom. The molecule has 0 unspecified atom stereocenters. The van der Waals surface area contributed by atoms with E-state index in [4.69, 9.17) is 9.47 Å². The van der Waals surface area contributed by atoms with Gasteiger partial charge in [-0.25, -0.2) is 0 Å². The van der Waals surface area contributed by atoms with E-state index in [9.17, 15) is 0 Å². The molecule has 0 aliphatic carbocycles. The van der Waals surface area contributed by atoms with Crippen LogP contribution in [-0.2, 0) is 0 Å². The molecule has 0 atom stereocenters. The summed E-state index contributed by atoms with van der Waals surface area (Å²) in [5.41, 5.74) is 0. The summed E-state index contributed by atoms with van der Waals surface area (Å²) >= 11 is 0. The van der Waals surface area contributed by atoms with E-state index in [1.165, 1.54) is 12.8 Å². The number of unbranched alkanes of at least 4 members (excludes halogenated alkanes) is 2. The molecule has 0 spiro atoms. The second-order valence-electron chi connectivity index (χ2n) is 5.18. The predicted molar refractivity (Wildman–Crippen MR) is 93.6 cm³/mol. The van der Waals surface area contributed by atoms with E-state index in [0.717, 1.165) is 37.2 Å². The van der Waals surface area contributed by atoms with Gasteiger partial charge in [0.15, 0.2) is 0 Å². The van der Waals surface area contributed by atoms with Crippen LogP contribution >= 0.6 is 0 Å². The fourth-order valence-corrected chi connectivity index (χ4v) is 1.88. The molecule has 0 bridgehead atoms. The summed E-state index contributed by atoms with van der Waals surface area (Å²) in [6.07, 6.45) is 15.3. The smallest absolute Gasteiger partial charge is 0.130 e. The molecule has 0 aliphatic heterocycles. The van der Waals surface area contributed by atoms with Crippen molar-refractivity contribution in [2.75, 3.05) is 13.2 Å². The fourth-order valence-electron chi connectivity index (χ4n) is 1.88. The van der Waals surface area contributed by atoms with Gasteiger partial charge in [-0.15, -0.1) is 0 Å². The van der Waals surface area contributed by atoms with Gasteiger partial charge in [-0.3, -0.25) is 0 Å². The van der Waals surface area contributed by atoms with Crippen molar-refractivity contribution in [1.82, 2.24) is 0 Å². The van der Waals surface area contributed by atoms with Gasteiger partial charge in [-0.1, -0.05) is 51.0 Å². The van der Waals surface area contributed by atoms with Gasteiger partial charge in [-0.05, 0) is 37.8 Å². The Labute approximate surface area is 135 Å². The molecule has 0 aliphatic rings. The number of hydrogen-bond acceptors (Lipinski definition) is 2. The molecular weight excluding hydrogens is 272 g/mol. The maximum Gasteiger partial charge on any atom is 0.130 e. The van der Waals surface area contributed by atoms with E-state index < -0.39 is 0 Å². The van der Waals surface area contributed by atoms with Gasteiger partial charge < -0.3 is 9.47 Å². The number of benzene rings is 1. The molecule has 2 nitrogen and oxygen atoms in total. The van der Waals surface area contributed by atoms with Crippen molar-refractivity contribution in [3.8, 4) is 11.5 Å². The topological polar surface area (TPSA) is 18.5 Å². The predicted octanol–water partition coefficient (Wildman–Crippen LogP) is 5.74. The van der Waals surface area contributed by atoms with Crippen LogP contribution in [0, 0.1) is 6.07 Å². The summed E-state index contributed by atoms with van der Waals surface area (Å²) in [5.74, 6) is 1.60. The molecular formula is C20H29O2. The average Bonchev–Trinajstić information content (AvgIpc) is 2.54. The summed E-state index contributed by atoms with van der Waals surface area (Å²) in [5, 5.41) is 0. The standard InChI is InChI=1S/C20H29O2/c1-3-5-7-9-11-16-21-19-14-13-15-20(18-19)22-17-12-10-8-6-4-2/h7-10,13-14,18H,3-6,11-12,16-17H2,1-2H3/b9-7+,10-8+. The molecule has 0 N–H and O–H groups in total. The Kier molecular flexibility index (Phi) is 10.8. The zero-order valence-electron chi connectivity index (χ0n) is 14.0. The lowest BCUT2D eigenvalue weighted by Gasteiger charge is -2.08. The Balaban J connectivity index is 2.24. The highest BCUT2D eigenvalue weighted by atomic mass is 16.5. The Hall–Kier alpha value is -1.70. The first-order valence-electron chi connectivity index (χ1n) is 8.44. The third-order valence-corrected chi connectivity index (χ3v) is 3.09. The average molecular weight is 301 g/mol. The van der Waals surface area contributed by atoms with E-state index in [0.29, 0.717) is 13.2 Å². The second-order valence-corrected chi connectivity index (χ2v) is 5.18. The summed E-state index contributed by atoms with van der Waals surface area (Å²) in [6.45, 7) is 5.74. The Bertz CT molecular complexity index is 398. The normalized spacial score (nSPS) is 11.4. The van der Waals surface area contributed by atoms with Crippen molar-refractivity contribution in [3.05, 3.63) is 48.6 Å². The van der Waals surface area contributed by atoms with Gasteiger partial charge in [0.05, 0.1) is 13.2 Å². The SMILES string of the molecule is CCC/C=C/CCOc1[c]ccc(OCC/C=C/CCC)c1. The summed E-state index contributed by atoms with van der Waals surface area (Å²) in [7, 11) is 0. The van der Waals surface area contributed by atoms with E-state index in [2.05, 4.69) is 44.2 Å². The van der Waals surface area contributed by atoms with Crippen LogP contribution in [0.15, 0.2) is 42.5 Å². The van der Waals surface area contributed by atoms with Crippen LogP contribution in [0.4, 0.5) is 0 Å². The molecule has 0 amide bonds. The van der Waals surface area contributed by atoms with Crippen molar-refractivity contribution < 1.29 is 9.47 Å². The summed E-state index contributed by atoms with van der Waals surface area (Å²) in [4.78, 5) is 0. The van der Waals surface area contributed by atoms with Crippen LogP contribution < -0.4 is 9.47 Å². The minimum absolute atomic E-state index is 0.680. The van der Waals surface area contributed by atoms with E-state index in [1.807, 2.05) is 18.2 Å². The fraction of sp³-hybridized carbons (Fsp3) is 0.500. The molecule has 0 saturated heterocycles. The van der Waals surface area contributed by atoms with E-state index in [-0.39, 0.29) is 0 Å². The molecule has 121 valence electrons. The minimum atomic E-state index is 0.680. The maximum absolute atomic E-state index is 5.72. The van der Waals surface area contributed by atoms with Crippen LogP contribution in [-0.4, -0.2) is 13.2 Å². The molecule has 0 saturated carbocycles. The van der Waals surface area contributed by atoms with Crippen molar-refractivity contribution >= 4 is 0 Å². The summed E-state index contributed by atoms with van der Waals surface area (Å²) < 4.78 is 11.4. The minimum Gasteiger partial charge on any atom is -0.493 e. The monoisotopic (exact) mass is 301 g/mol. The van der Waals surface area contributed by atoms with E-state index >= 15 is 0 Å². The molecule has 1 rings (SSSR count). The van der Waals surface area contributed by atoms with Gasteiger partial charge in [0.1, 0.15) is 11.5 Å². The van der Waals surface area contributed by atoms with Crippen LogP contribution in [0.25, 0.3) is 0 Å². The van der Waals surface area contributed by atoms with Gasteiger partial charge in [0, 0.05) is 12.1 Å². The van der Waals surface area contributed by atoms with E-state index in [1.54, 1.807) is 0 Å². The maximum atomic E-state index is 5.72. The zero-order valence-corrected chi connectivity index (χ0v) is 14.0. The third kappa shape index (κ3) is 9.28. The first-order valence-corrected chi connectivity index (χ1v) is 8.44. The van der Waals surface area contributed by atoms with Crippen molar-refractivity contribution in [1.29, 1.82) is 0 Å². The largest absolute Gasteiger partial charge is 0.493 e. The van der Waals surface area contributed by atoms with Crippen LogP contribution in [0.5, 0.6) is 11.5 Å². The summed E-state index contributed by atoms with van der Waals surface area (Å²) in [6, 6.07) is 8.77. The molecule has 0 heterocycles. The number of hydrogen-bond donors (Lipinski definition) is 0. The molecule has 1 aromatic carbocycles. The van der Waals surface area contributed by atoms with Gasteiger partial charge >= 0.3 is 0 Å². The van der Waals surface area contributed by atoms with Crippen molar-refractivity contribution in [2.24, 2.45) is 0 Å². The quantitative estimate of drug-likeness (QED) is 0.362.